The third-order valence-corrected chi connectivity index (χ3v) is 5.69. The van der Waals surface area contributed by atoms with E-state index in [4.69, 9.17) is 0 Å². The summed E-state index contributed by atoms with van der Waals surface area (Å²) in [7, 11) is 0. The first-order valence-electron chi connectivity index (χ1n) is 10.3. The molecule has 5 rings (SSSR count). The molecule has 2 aromatic heterocycles. The van der Waals surface area contributed by atoms with Gasteiger partial charge in [-0.2, -0.15) is 5.10 Å². The van der Waals surface area contributed by atoms with E-state index in [2.05, 4.69) is 36.4 Å². The van der Waals surface area contributed by atoms with Gasteiger partial charge in [0.15, 0.2) is 5.82 Å². The molecule has 0 atom stereocenters. The summed E-state index contributed by atoms with van der Waals surface area (Å²) in [4.78, 5) is 23.2. The van der Waals surface area contributed by atoms with Gasteiger partial charge < -0.3 is 15.2 Å². The molecular formula is C23H24N6O. The molecule has 1 fully saturated rings. The molecule has 3 N–H and O–H groups in total. The number of amides is 1. The maximum Gasteiger partial charge on any atom is 0.256 e. The van der Waals surface area contributed by atoms with Crippen molar-refractivity contribution in [2.45, 2.75) is 26.2 Å². The summed E-state index contributed by atoms with van der Waals surface area (Å²) in [6, 6.07) is 13.9. The van der Waals surface area contributed by atoms with Crippen LogP contribution in [0.3, 0.4) is 0 Å². The zero-order valence-electron chi connectivity index (χ0n) is 16.9. The second-order valence-electron chi connectivity index (χ2n) is 7.76. The van der Waals surface area contributed by atoms with E-state index < -0.39 is 0 Å². The number of carbonyl (C=O) groups excluding carboxylic acids is 1. The molecule has 7 nitrogen and oxygen atoms in total. The number of hydrogen-bond donors (Lipinski definition) is 3. The van der Waals surface area contributed by atoms with Crippen molar-refractivity contribution in [2.24, 2.45) is 0 Å². The number of para-hydroxylation sites is 2. The highest BCUT2D eigenvalue weighted by Crippen LogP contribution is 2.27. The molecule has 0 aliphatic carbocycles. The van der Waals surface area contributed by atoms with Crippen LogP contribution in [-0.2, 0) is 0 Å². The molecule has 4 aromatic rings. The summed E-state index contributed by atoms with van der Waals surface area (Å²) in [5, 5.41) is 10.0. The summed E-state index contributed by atoms with van der Waals surface area (Å²) in [5.74, 6) is 0.484. The molecule has 0 saturated carbocycles. The lowest BCUT2D eigenvalue weighted by Crippen LogP contribution is -2.29. The Morgan fingerprint density at radius 1 is 1.10 bits per heavy atom. The number of nitrogens with one attached hydrogen (secondary N) is 3. The van der Waals surface area contributed by atoms with E-state index in [1.54, 1.807) is 6.20 Å². The van der Waals surface area contributed by atoms with Gasteiger partial charge in [0.25, 0.3) is 5.91 Å². The number of aryl methyl sites for hydroxylation is 1. The molecule has 0 unspecified atom stereocenters. The predicted molar refractivity (Wildman–Crippen MR) is 119 cm³/mol. The van der Waals surface area contributed by atoms with Crippen molar-refractivity contribution < 1.29 is 4.79 Å². The Bertz CT molecular complexity index is 1170. The molecule has 152 valence electrons. The van der Waals surface area contributed by atoms with Crippen molar-refractivity contribution in [1.29, 1.82) is 0 Å². The number of nitrogens with zero attached hydrogens (tertiary/aromatic N) is 3. The van der Waals surface area contributed by atoms with Gasteiger partial charge in [0.1, 0.15) is 5.69 Å². The van der Waals surface area contributed by atoms with E-state index in [0.717, 1.165) is 29.7 Å². The molecule has 0 spiro atoms. The van der Waals surface area contributed by atoms with Gasteiger partial charge in [-0.1, -0.05) is 12.1 Å². The quantitative estimate of drug-likeness (QED) is 0.470. The number of imidazole rings is 1. The number of carbonyl (C=O) groups is 1. The smallest absolute Gasteiger partial charge is 0.256 e. The lowest BCUT2D eigenvalue weighted by atomic mass is 10.0. The maximum absolute atomic E-state index is 13.0. The second-order valence-corrected chi connectivity index (χ2v) is 7.76. The topological polar surface area (TPSA) is 89.7 Å². The monoisotopic (exact) mass is 400 g/mol. The molecule has 7 heteroatoms. The molecule has 1 aliphatic rings. The minimum atomic E-state index is -0.156. The maximum atomic E-state index is 13.0. The average Bonchev–Trinajstić information content (AvgIpc) is 3.40. The van der Waals surface area contributed by atoms with E-state index in [1.807, 2.05) is 43.3 Å². The van der Waals surface area contributed by atoms with Crippen LogP contribution in [-0.4, -0.2) is 39.2 Å². The van der Waals surface area contributed by atoms with Crippen LogP contribution in [0.1, 0.15) is 35.2 Å². The Kier molecular flexibility index (Phi) is 4.71. The van der Waals surface area contributed by atoms with E-state index in [9.17, 15) is 4.79 Å². The summed E-state index contributed by atoms with van der Waals surface area (Å²) in [6.45, 7) is 4.15. The molecule has 1 aliphatic heterocycles. The fourth-order valence-corrected chi connectivity index (χ4v) is 4.07. The Hall–Kier alpha value is -3.61. The Labute approximate surface area is 174 Å². The zero-order chi connectivity index (χ0) is 20.5. The van der Waals surface area contributed by atoms with Crippen molar-refractivity contribution in [3.8, 4) is 11.5 Å². The van der Waals surface area contributed by atoms with Crippen molar-refractivity contribution in [3.05, 3.63) is 59.8 Å². The SMILES string of the molecule is Cc1cc(N2CCCCC2)ccc1C(=O)Nc1cn[nH]c1-c1nc2ccccc2[nH]1. The summed E-state index contributed by atoms with van der Waals surface area (Å²) in [5.41, 5.74) is 5.86. The fraction of sp³-hybridized carbons (Fsp3) is 0.261. The van der Waals surface area contributed by atoms with Crippen molar-refractivity contribution >= 4 is 28.3 Å². The zero-order valence-corrected chi connectivity index (χ0v) is 16.9. The second kappa shape index (κ2) is 7.67. The van der Waals surface area contributed by atoms with Crippen LogP contribution in [0.25, 0.3) is 22.6 Å². The van der Waals surface area contributed by atoms with Gasteiger partial charge in [-0.15, -0.1) is 0 Å². The number of piperidine rings is 1. The summed E-state index contributed by atoms with van der Waals surface area (Å²) in [6.07, 6.45) is 5.37. The van der Waals surface area contributed by atoms with Crippen LogP contribution in [0.5, 0.6) is 0 Å². The van der Waals surface area contributed by atoms with Crippen LogP contribution in [0.2, 0.25) is 0 Å². The van der Waals surface area contributed by atoms with Crippen molar-refractivity contribution in [1.82, 2.24) is 20.2 Å². The van der Waals surface area contributed by atoms with E-state index in [1.165, 1.54) is 24.9 Å². The number of aromatic nitrogens is 4. The number of rotatable bonds is 4. The third kappa shape index (κ3) is 3.43. The van der Waals surface area contributed by atoms with Gasteiger partial charge >= 0.3 is 0 Å². The molecule has 2 aromatic carbocycles. The van der Waals surface area contributed by atoms with E-state index >= 15 is 0 Å². The minimum Gasteiger partial charge on any atom is -0.372 e. The number of H-pyrrole nitrogens is 2. The predicted octanol–water partition coefficient (Wildman–Crippen LogP) is 4.50. The van der Waals surface area contributed by atoms with Crippen molar-refractivity contribution in [2.75, 3.05) is 23.3 Å². The van der Waals surface area contributed by atoms with Gasteiger partial charge in [0.05, 0.1) is 22.9 Å². The molecule has 3 heterocycles. The van der Waals surface area contributed by atoms with Crippen LogP contribution >= 0.6 is 0 Å². The summed E-state index contributed by atoms with van der Waals surface area (Å²) >= 11 is 0. The van der Waals surface area contributed by atoms with Gasteiger partial charge in [-0.25, -0.2) is 4.98 Å². The highest BCUT2D eigenvalue weighted by molar-refractivity contribution is 6.07. The Morgan fingerprint density at radius 3 is 2.73 bits per heavy atom. The number of anilines is 2. The number of hydrogen-bond acceptors (Lipinski definition) is 4. The molecule has 1 amide bonds. The lowest BCUT2D eigenvalue weighted by molar-refractivity contribution is 0.102. The first-order valence-corrected chi connectivity index (χ1v) is 10.3. The third-order valence-electron chi connectivity index (χ3n) is 5.69. The molecule has 0 bridgehead atoms. The van der Waals surface area contributed by atoms with Crippen LogP contribution in [0, 0.1) is 6.92 Å². The fourth-order valence-electron chi connectivity index (χ4n) is 4.07. The van der Waals surface area contributed by atoms with Gasteiger partial charge in [0, 0.05) is 24.3 Å². The Morgan fingerprint density at radius 2 is 1.93 bits per heavy atom. The first-order chi connectivity index (χ1) is 14.7. The molecule has 30 heavy (non-hydrogen) atoms. The van der Waals surface area contributed by atoms with Crippen LogP contribution in [0.15, 0.2) is 48.7 Å². The highest BCUT2D eigenvalue weighted by Gasteiger charge is 2.18. The van der Waals surface area contributed by atoms with Crippen LogP contribution < -0.4 is 10.2 Å². The minimum absolute atomic E-state index is 0.156. The molecule has 1 saturated heterocycles. The van der Waals surface area contributed by atoms with Gasteiger partial charge in [-0.3, -0.25) is 9.89 Å². The standard InChI is InChI=1S/C23H24N6O/c1-15-13-16(29-11-5-2-6-12-29)9-10-17(15)23(30)27-20-14-24-28-21(20)22-25-18-7-3-4-8-19(18)26-22/h3-4,7-10,13-14H,2,5-6,11-12H2,1H3,(H,24,28)(H,25,26)(H,27,30). The largest absolute Gasteiger partial charge is 0.372 e. The summed E-state index contributed by atoms with van der Waals surface area (Å²) < 4.78 is 0. The average molecular weight is 400 g/mol. The first kappa shape index (κ1) is 18.4. The number of aromatic amines is 2. The van der Waals surface area contributed by atoms with Crippen molar-refractivity contribution in [3.63, 3.8) is 0 Å². The number of benzene rings is 2. The number of fused-ring (bicyclic) bond motifs is 1. The highest BCUT2D eigenvalue weighted by atomic mass is 16.1. The van der Waals surface area contributed by atoms with Crippen LogP contribution in [0.4, 0.5) is 11.4 Å². The Balaban J connectivity index is 1.38. The van der Waals surface area contributed by atoms with Gasteiger partial charge in [-0.05, 0) is 62.1 Å². The van der Waals surface area contributed by atoms with E-state index in [0.29, 0.717) is 22.8 Å². The molecule has 0 radical (unpaired) electrons. The normalized spacial score (nSPS) is 14.2. The lowest BCUT2D eigenvalue weighted by Gasteiger charge is -2.29. The van der Waals surface area contributed by atoms with E-state index in [-0.39, 0.29) is 5.91 Å². The van der Waals surface area contributed by atoms with Gasteiger partial charge in [0.2, 0.25) is 0 Å². The molecular weight excluding hydrogens is 376 g/mol.